The smallest absolute Gasteiger partial charge is 0.297 e. The zero-order chi connectivity index (χ0) is 14.3. The molecule has 3 rings (SSSR count). The zero-order valence-corrected chi connectivity index (χ0v) is 12.3. The van der Waals surface area contributed by atoms with E-state index in [1.165, 1.54) is 0 Å². The second-order valence-corrected chi connectivity index (χ2v) is 7.05. The molecule has 0 aromatic heterocycles. The predicted octanol–water partition coefficient (Wildman–Crippen LogP) is 1.50. The van der Waals surface area contributed by atoms with E-state index in [2.05, 4.69) is 0 Å². The molecule has 5 nitrogen and oxygen atoms in total. The molecular weight excluding hydrogens is 280 g/mol. The molecule has 2 fully saturated rings. The molecule has 2 aliphatic heterocycles. The number of fused-ring (bicyclic) bond motifs is 1. The van der Waals surface area contributed by atoms with Crippen LogP contribution in [0.2, 0.25) is 0 Å². The van der Waals surface area contributed by atoms with Crippen LogP contribution in [0.25, 0.3) is 0 Å². The van der Waals surface area contributed by atoms with Crippen molar-refractivity contribution in [3.63, 3.8) is 0 Å². The highest BCUT2D eigenvalue weighted by molar-refractivity contribution is 7.86. The maximum absolute atomic E-state index is 12.2. The Kier molecular flexibility index (Phi) is 3.58. The molecule has 1 aromatic rings. The van der Waals surface area contributed by atoms with Gasteiger partial charge in [0.25, 0.3) is 10.1 Å². The number of aryl methyl sites for hydroxylation is 1. The molecule has 1 unspecified atom stereocenters. The normalized spacial score (nSPS) is 33.3. The summed E-state index contributed by atoms with van der Waals surface area (Å²) in [7, 11) is -3.78. The standard InChI is InChI=1S/C14H18O5S/c1-9-3-5-11(6-4-9)20(15,16)19-12-8-18-13-10(2)7-17-14(12)13/h3-6,10,12-14H,7-8H2,1-2H3/t10?,12-,13+,14+/m0/s1. The minimum atomic E-state index is -3.78. The van der Waals surface area contributed by atoms with Crippen LogP contribution in [0.4, 0.5) is 0 Å². The van der Waals surface area contributed by atoms with Crippen LogP contribution in [0.15, 0.2) is 29.2 Å². The summed E-state index contributed by atoms with van der Waals surface area (Å²) in [6.45, 7) is 4.77. The van der Waals surface area contributed by atoms with Crippen LogP contribution in [0, 0.1) is 12.8 Å². The van der Waals surface area contributed by atoms with Gasteiger partial charge in [0.2, 0.25) is 0 Å². The van der Waals surface area contributed by atoms with E-state index < -0.39 is 16.2 Å². The first-order valence-corrected chi connectivity index (χ1v) is 8.11. The van der Waals surface area contributed by atoms with Gasteiger partial charge in [0.05, 0.1) is 24.2 Å². The molecule has 0 aliphatic carbocycles. The Morgan fingerprint density at radius 1 is 1.10 bits per heavy atom. The second kappa shape index (κ2) is 5.11. The van der Waals surface area contributed by atoms with Crippen molar-refractivity contribution in [2.45, 2.75) is 37.1 Å². The summed E-state index contributed by atoms with van der Waals surface area (Å²) in [6, 6.07) is 6.60. The zero-order valence-electron chi connectivity index (χ0n) is 11.5. The number of rotatable bonds is 3. The van der Waals surface area contributed by atoms with Gasteiger partial charge in [0, 0.05) is 5.92 Å². The Balaban J connectivity index is 1.76. The summed E-state index contributed by atoms with van der Waals surface area (Å²) >= 11 is 0. The van der Waals surface area contributed by atoms with Crippen molar-refractivity contribution in [1.29, 1.82) is 0 Å². The van der Waals surface area contributed by atoms with Crippen molar-refractivity contribution in [1.82, 2.24) is 0 Å². The van der Waals surface area contributed by atoms with Gasteiger partial charge in [0.15, 0.2) is 0 Å². The summed E-state index contributed by atoms with van der Waals surface area (Å²) in [5.41, 5.74) is 1.00. The first-order valence-electron chi connectivity index (χ1n) is 6.70. The van der Waals surface area contributed by atoms with E-state index in [0.29, 0.717) is 6.61 Å². The lowest BCUT2D eigenvalue weighted by Crippen LogP contribution is -2.32. The lowest BCUT2D eigenvalue weighted by atomic mass is 10.0. The number of hydrogen-bond acceptors (Lipinski definition) is 5. The van der Waals surface area contributed by atoms with Crippen molar-refractivity contribution in [2.24, 2.45) is 5.92 Å². The number of ether oxygens (including phenoxy) is 2. The van der Waals surface area contributed by atoms with Crippen molar-refractivity contribution < 1.29 is 22.1 Å². The summed E-state index contributed by atoms with van der Waals surface area (Å²) in [5, 5.41) is 0. The van der Waals surface area contributed by atoms with Gasteiger partial charge < -0.3 is 9.47 Å². The minimum Gasteiger partial charge on any atom is -0.372 e. The van der Waals surface area contributed by atoms with Crippen LogP contribution in [-0.2, 0) is 23.8 Å². The average Bonchev–Trinajstić information content (AvgIpc) is 2.95. The predicted molar refractivity (Wildman–Crippen MR) is 71.9 cm³/mol. The van der Waals surface area contributed by atoms with E-state index in [0.717, 1.165) is 5.56 Å². The molecule has 0 radical (unpaired) electrons. The van der Waals surface area contributed by atoms with Crippen LogP contribution >= 0.6 is 0 Å². The van der Waals surface area contributed by atoms with Gasteiger partial charge in [-0.1, -0.05) is 24.6 Å². The Morgan fingerprint density at radius 3 is 2.45 bits per heavy atom. The van der Waals surface area contributed by atoms with Gasteiger partial charge >= 0.3 is 0 Å². The average molecular weight is 298 g/mol. The van der Waals surface area contributed by atoms with E-state index in [4.69, 9.17) is 13.7 Å². The molecular formula is C14H18O5S. The highest BCUT2D eigenvalue weighted by Crippen LogP contribution is 2.33. The molecule has 0 N–H and O–H groups in total. The van der Waals surface area contributed by atoms with Gasteiger partial charge in [-0.15, -0.1) is 0 Å². The summed E-state index contributed by atoms with van der Waals surface area (Å²) in [6.07, 6.45) is -0.908. The van der Waals surface area contributed by atoms with E-state index in [9.17, 15) is 8.42 Å². The van der Waals surface area contributed by atoms with E-state index in [1.807, 2.05) is 13.8 Å². The highest BCUT2D eigenvalue weighted by Gasteiger charge is 2.48. The van der Waals surface area contributed by atoms with E-state index in [-0.39, 0.29) is 29.6 Å². The molecule has 0 spiro atoms. The van der Waals surface area contributed by atoms with Crippen molar-refractivity contribution >= 4 is 10.1 Å². The summed E-state index contributed by atoms with van der Waals surface area (Å²) < 4.78 is 41.0. The van der Waals surface area contributed by atoms with Crippen molar-refractivity contribution in [3.8, 4) is 0 Å². The Hall–Kier alpha value is -0.950. The van der Waals surface area contributed by atoms with Crippen LogP contribution in [-0.4, -0.2) is 39.9 Å². The van der Waals surface area contributed by atoms with Crippen molar-refractivity contribution in [3.05, 3.63) is 29.8 Å². The molecule has 20 heavy (non-hydrogen) atoms. The Morgan fingerprint density at radius 2 is 1.75 bits per heavy atom. The molecule has 110 valence electrons. The van der Waals surface area contributed by atoms with E-state index in [1.54, 1.807) is 24.3 Å². The van der Waals surface area contributed by atoms with Crippen LogP contribution < -0.4 is 0 Å². The SMILES string of the molecule is Cc1ccc(S(=O)(=O)O[C@H]2CO[C@@H]3C(C)CO[C@H]23)cc1. The van der Waals surface area contributed by atoms with Crippen LogP contribution in [0.3, 0.4) is 0 Å². The Labute approximate surface area is 119 Å². The Bertz CT molecular complexity index is 580. The fourth-order valence-corrected chi connectivity index (χ4v) is 3.73. The molecule has 1 aromatic carbocycles. The maximum atomic E-state index is 12.2. The summed E-state index contributed by atoms with van der Waals surface area (Å²) in [4.78, 5) is 0.164. The fraction of sp³-hybridized carbons (Fsp3) is 0.571. The third-order valence-corrected chi connectivity index (χ3v) is 5.17. The van der Waals surface area contributed by atoms with Gasteiger partial charge in [-0.2, -0.15) is 8.42 Å². The maximum Gasteiger partial charge on any atom is 0.297 e. The minimum absolute atomic E-state index is 0.0618. The van der Waals surface area contributed by atoms with Gasteiger partial charge in [-0.3, -0.25) is 4.18 Å². The number of benzene rings is 1. The van der Waals surface area contributed by atoms with Gasteiger partial charge in [0.1, 0.15) is 12.2 Å². The van der Waals surface area contributed by atoms with E-state index >= 15 is 0 Å². The molecule has 2 aliphatic rings. The quantitative estimate of drug-likeness (QED) is 0.791. The largest absolute Gasteiger partial charge is 0.372 e. The third-order valence-electron chi connectivity index (χ3n) is 3.82. The molecule has 2 saturated heterocycles. The first-order chi connectivity index (χ1) is 9.47. The van der Waals surface area contributed by atoms with Crippen LogP contribution in [0.1, 0.15) is 12.5 Å². The molecule has 2 heterocycles. The monoisotopic (exact) mass is 298 g/mol. The lowest BCUT2D eigenvalue weighted by molar-refractivity contribution is 0.0328. The lowest BCUT2D eigenvalue weighted by Gasteiger charge is -2.16. The first kappa shape index (κ1) is 14.0. The fourth-order valence-electron chi connectivity index (χ4n) is 2.66. The molecule has 0 saturated carbocycles. The number of hydrogen-bond donors (Lipinski definition) is 0. The second-order valence-electron chi connectivity index (χ2n) is 5.48. The molecule has 4 atom stereocenters. The molecule has 0 amide bonds. The highest BCUT2D eigenvalue weighted by atomic mass is 32.2. The third kappa shape index (κ3) is 2.48. The van der Waals surface area contributed by atoms with Crippen LogP contribution in [0.5, 0.6) is 0 Å². The molecule has 0 bridgehead atoms. The topological polar surface area (TPSA) is 61.8 Å². The van der Waals surface area contributed by atoms with Gasteiger partial charge in [-0.25, -0.2) is 0 Å². The van der Waals surface area contributed by atoms with Crippen molar-refractivity contribution in [2.75, 3.05) is 13.2 Å². The molecule has 6 heteroatoms. The summed E-state index contributed by atoms with van der Waals surface area (Å²) in [5.74, 6) is 0.274. The van der Waals surface area contributed by atoms with Gasteiger partial charge in [-0.05, 0) is 19.1 Å².